The SMILES string of the molecule is CCn1c(C(C)C)ccc(CC#N)c1=O. The standard InChI is InChI=1S/C12H16N2O/c1-4-14-11(9(2)3)6-5-10(7-8-13)12(14)15/h5-6,9H,4,7H2,1-3H3. The number of nitrogens with zero attached hydrogens (tertiary/aromatic N) is 2. The van der Waals surface area contributed by atoms with Crippen LogP contribution in [0, 0.1) is 11.3 Å². The Balaban J connectivity index is 3.34. The fraction of sp³-hybridized carbons (Fsp3) is 0.500. The first-order valence-corrected chi connectivity index (χ1v) is 5.21. The summed E-state index contributed by atoms with van der Waals surface area (Å²) in [7, 11) is 0. The van der Waals surface area contributed by atoms with E-state index < -0.39 is 0 Å². The largest absolute Gasteiger partial charge is 0.312 e. The summed E-state index contributed by atoms with van der Waals surface area (Å²) >= 11 is 0. The molecule has 80 valence electrons. The van der Waals surface area contributed by atoms with Gasteiger partial charge in [0.15, 0.2) is 0 Å². The van der Waals surface area contributed by atoms with Gasteiger partial charge in [-0.05, 0) is 18.9 Å². The van der Waals surface area contributed by atoms with Gasteiger partial charge >= 0.3 is 0 Å². The van der Waals surface area contributed by atoms with Crippen LogP contribution in [0.15, 0.2) is 16.9 Å². The molecule has 0 unspecified atom stereocenters. The maximum absolute atomic E-state index is 11.9. The van der Waals surface area contributed by atoms with Gasteiger partial charge in [0, 0.05) is 17.8 Å². The number of pyridine rings is 1. The summed E-state index contributed by atoms with van der Waals surface area (Å²) in [6.07, 6.45) is 0.192. The second-order valence-electron chi connectivity index (χ2n) is 3.82. The van der Waals surface area contributed by atoms with E-state index in [4.69, 9.17) is 5.26 Å². The molecule has 0 saturated heterocycles. The first kappa shape index (κ1) is 11.5. The van der Waals surface area contributed by atoms with Crippen molar-refractivity contribution in [3.05, 3.63) is 33.7 Å². The summed E-state index contributed by atoms with van der Waals surface area (Å²) in [5.41, 5.74) is 1.60. The third kappa shape index (κ3) is 2.27. The van der Waals surface area contributed by atoms with E-state index in [0.29, 0.717) is 18.0 Å². The molecule has 0 amide bonds. The quantitative estimate of drug-likeness (QED) is 0.756. The second-order valence-corrected chi connectivity index (χ2v) is 3.82. The number of hydrogen-bond donors (Lipinski definition) is 0. The van der Waals surface area contributed by atoms with E-state index in [1.54, 1.807) is 10.6 Å². The van der Waals surface area contributed by atoms with E-state index in [-0.39, 0.29) is 12.0 Å². The zero-order valence-corrected chi connectivity index (χ0v) is 9.45. The number of nitriles is 1. The van der Waals surface area contributed by atoms with Crippen LogP contribution in [0.25, 0.3) is 0 Å². The molecule has 0 N–H and O–H groups in total. The minimum absolute atomic E-state index is 0.0229. The summed E-state index contributed by atoms with van der Waals surface area (Å²) in [5, 5.41) is 8.59. The number of hydrogen-bond acceptors (Lipinski definition) is 2. The number of rotatable bonds is 3. The molecule has 1 heterocycles. The van der Waals surface area contributed by atoms with Crippen LogP contribution >= 0.6 is 0 Å². The van der Waals surface area contributed by atoms with Gasteiger partial charge in [0.25, 0.3) is 5.56 Å². The topological polar surface area (TPSA) is 45.8 Å². The van der Waals surface area contributed by atoms with Crippen LogP contribution in [0.4, 0.5) is 0 Å². The van der Waals surface area contributed by atoms with Gasteiger partial charge in [-0.25, -0.2) is 0 Å². The molecule has 0 aliphatic heterocycles. The van der Waals surface area contributed by atoms with Crippen LogP contribution in [0.3, 0.4) is 0 Å². The van der Waals surface area contributed by atoms with Crippen molar-refractivity contribution in [1.29, 1.82) is 5.26 Å². The molecule has 0 aromatic carbocycles. The molecule has 15 heavy (non-hydrogen) atoms. The van der Waals surface area contributed by atoms with Crippen molar-refractivity contribution in [2.75, 3.05) is 0 Å². The molecule has 1 aromatic heterocycles. The van der Waals surface area contributed by atoms with Gasteiger partial charge in [-0.3, -0.25) is 4.79 Å². The summed E-state index contributed by atoms with van der Waals surface area (Å²) in [5.74, 6) is 0.328. The first-order valence-electron chi connectivity index (χ1n) is 5.21. The third-order valence-corrected chi connectivity index (χ3v) is 2.46. The molecule has 1 aromatic rings. The molecule has 1 rings (SSSR count). The maximum atomic E-state index is 11.9. The van der Waals surface area contributed by atoms with Crippen LogP contribution in [0.1, 0.15) is 37.9 Å². The molecule has 0 spiro atoms. The average molecular weight is 204 g/mol. The zero-order valence-electron chi connectivity index (χ0n) is 9.45. The maximum Gasteiger partial charge on any atom is 0.254 e. The van der Waals surface area contributed by atoms with Crippen molar-refractivity contribution < 1.29 is 0 Å². The highest BCUT2D eigenvalue weighted by atomic mass is 16.1. The van der Waals surface area contributed by atoms with Crippen molar-refractivity contribution >= 4 is 0 Å². The Bertz CT molecular complexity index is 438. The van der Waals surface area contributed by atoms with Gasteiger partial charge in [-0.1, -0.05) is 19.9 Å². The monoisotopic (exact) mass is 204 g/mol. The lowest BCUT2D eigenvalue weighted by atomic mass is 10.1. The first-order chi connectivity index (χ1) is 7.11. The molecule has 0 saturated carbocycles. The Kier molecular flexibility index (Phi) is 3.68. The molecule has 0 bridgehead atoms. The molecule has 0 fully saturated rings. The molecule has 3 nitrogen and oxygen atoms in total. The zero-order chi connectivity index (χ0) is 11.4. The van der Waals surface area contributed by atoms with Crippen LogP contribution in [-0.4, -0.2) is 4.57 Å². The highest BCUT2D eigenvalue weighted by Gasteiger charge is 2.09. The number of aromatic nitrogens is 1. The molecule has 0 aliphatic carbocycles. The van der Waals surface area contributed by atoms with Crippen LogP contribution < -0.4 is 5.56 Å². The third-order valence-electron chi connectivity index (χ3n) is 2.46. The van der Waals surface area contributed by atoms with Crippen LogP contribution in [0.5, 0.6) is 0 Å². The van der Waals surface area contributed by atoms with Gasteiger partial charge in [0.05, 0.1) is 12.5 Å². The van der Waals surface area contributed by atoms with Crippen molar-refractivity contribution in [3.8, 4) is 6.07 Å². The van der Waals surface area contributed by atoms with Gasteiger partial charge in [0.2, 0.25) is 0 Å². The molecule has 0 atom stereocenters. The van der Waals surface area contributed by atoms with E-state index in [1.165, 1.54) is 0 Å². The Morgan fingerprint density at radius 1 is 1.47 bits per heavy atom. The summed E-state index contributed by atoms with van der Waals surface area (Å²) < 4.78 is 1.75. The average Bonchev–Trinajstić information content (AvgIpc) is 2.20. The van der Waals surface area contributed by atoms with Gasteiger partial charge in [-0.15, -0.1) is 0 Å². The molecule has 0 aliphatic rings. The lowest BCUT2D eigenvalue weighted by molar-refractivity contribution is 0.634. The van der Waals surface area contributed by atoms with Crippen molar-refractivity contribution in [2.45, 2.75) is 39.7 Å². The lowest BCUT2D eigenvalue weighted by Crippen LogP contribution is -2.26. The van der Waals surface area contributed by atoms with Crippen molar-refractivity contribution in [2.24, 2.45) is 0 Å². The van der Waals surface area contributed by atoms with Gasteiger partial charge in [0.1, 0.15) is 0 Å². The molecular formula is C12H16N2O. The van der Waals surface area contributed by atoms with Gasteiger partial charge < -0.3 is 4.57 Å². The highest BCUT2D eigenvalue weighted by molar-refractivity contribution is 5.20. The van der Waals surface area contributed by atoms with E-state index in [9.17, 15) is 4.79 Å². The second kappa shape index (κ2) is 4.79. The molecule has 3 heteroatoms. The van der Waals surface area contributed by atoms with E-state index >= 15 is 0 Å². The Morgan fingerprint density at radius 3 is 2.60 bits per heavy atom. The highest BCUT2D eigenvalue weighted by Crippen LogP contribution is 2.12. The smallest absolute Gasteiger partial charge is 0.254 e. The van der Waals surface area contributed by atoms with E-state index in [0.717, 1.165) is 5.69 Å². The molecular weight excluding hydrogens is 188 g/mol. The van der Waals surface area contributed by atoms with E-state index in [1.807, 2.05) is 19.1 Å². The predicted octanol–water partition coefficient (Wildman–Crippen LogP) is 2.06. The van der Waals surface area contributed by atoms with Crippen LogP contribution in [0.2, 0.25) is 0 Å². The molecule has 0 radical (unpaired) electrons. The summed E-state index contributed by atoms with van der Waals surface area (Å²) in [6.45, 7) is 6.73. The predicted molar refractivity (Wildman–Crippen MR) is 59.8 cm³/mol. The fourth-order valence-corrected chi connectivity index (χ4v) is 1.69. The fourth-order valence-electron chi connectivity index (χ4n) is 1.69. The Hall–Kier alpha value is -1.56. The summed E-state index contributed by atoms with van der Waals surface area (Å²) in [4.78, 5) is 11.9. The van der Waals surface area contributed by atoms with Crippen molar-refractivity contribution in [3.63, 3.8) is 0 Å². The van der Waals surface area contributed by atoms with Crippen molar-refractivity contribution in [1.82, 2.24) is 4.57 Å². The van der Waals surface area contributed by atoms with Gasteiger partial charge in [-0.2, -0.15) is 5.26 Å². The minimum atomic E-state index is -0.0229. The summed E-state index contributed by atoms with van der Waals surface area (Å²) in [6, 6.07) is 5.73. The van der Waals surface area contributed by atoms with E-state index in [2.05, 4.69) is 13.8 Å². The van der Waals surface area contributed by atoms with Crippen LogP contribution in [-0.2, 0) is 13.0 Å². The minimum Gasteiger partial charge on any atom is -0.312 e. The Labute approximate surface area is 90.0 Å². The lowest BCUT2D eigenvalue weighted by Gasteiger charge is -2.14. The normalized spacial score (nSPS) is 10.3. The Morgan fingerprint density at radius 2 is 2.13 bits per heavy atom.